The van der Waals surface area contributed by atoms with Gasteiger partial charge in [-0.1, -0.05) is 25.8 Å². The van der Waals surface area contributed by atoms with Crippen LogP contribution in [-0.4, -0.2) is 13.1 Å². The first kappa shape index (κ1) is 15.4. The third kappa shape index (κ3) is 4.02. The predicted octanol–water partition coefficient (Wildman–Crippen LogP) is 4.46. The zero-order valence-electron chi connectivity index (χ0n) is 12.4. The van der Waals surface area contributed by atoms with E-state index in [1.807, 2.05) is 0 Å². The maximum atomic E-state index is 13.7. The van der Waals surface area contributed by atoms with Crippen LogP contribution in [0.2, 0.25) is 0 Å². The van der Waals surface area contributed by atoms with E-state index in [-0.39, 0.29) is 0 Å². The van der Waals surface area contributed by atoms with E-state index in [9.17, 15) is 8.78 Å². The van der Waals surface area contributed by atoms with Crippen molar-refractivity contribution in [2.24, 2.45) is 5.41 Å². The summed E-state index contributed by atoms with van der Waals surface area (Å²) < 4.78 is 26.6. The zero-order valence-corrected chi connectivity index (χ0v) is 12.4. The Labute approximate surface area is 120 Å². The quantitative estimate of drug-likeness (QED) is 0.728. The summed E-state index contributed by atoms with van der Waals surface area (Å²) in [6, 6.07) is 3.95. The summed E-state index contributed by atoms with van der Waals surface area (Å²) in [5.41, 5.74) is 1.02. The second kappa shape index (κ2) is 7.16. The molecule has 2 rings (SSSR count). The lowest BCUT2D eigenvalue weighted by Gasteiger charge is -2.29. The molecule has 0 saturated heterocycles. The molecule has 3 heteroatoms. The largest absolute Gasteiger partial charge is 0.317 e. The third-order valence-electron chi connectivity index (χ3n) is 4.69. The van der Waals surface area contributed by atoms with Crippen molar-refractivity contribution >= 4 is 0 Å². The fourth-order valence-electron chi connectivity index (χ4n) is 3.40. The van der Waals surface area contributed by atoms with Gasteiger partial charge in [-0.3, -0.25) is 0 Å². The topological polar surface area (TPSA) is 12.0 Å². The summed E-state index contributed by atoms with van der Waals surface area (Å²) in [4.78, 5) is 0. The number of nitrogens with one attached hydrogen (secondary N) is 1. The Morgan fingerprint density at radius 3 is 2.55 bits per heavy atom. The van der Waals surface area contributed by atoms with Crippen LogP contribution in [0.1, 0.15) is 51.0 Å². The first-order valence-corrected chi connectivity index (χ1v) is 7.80. The van der Waals surface area contributed by atoms with Crippen molar-refractivity contribution in [2.75, 3.05) is 13.1 Å². The molecule has 0 aromatic heterocycles. The number of aryl methyl sites for hydroxylation is 1. The van der Waals surface area contributed by atoms with Crippen molar-refractivity contribution in [1.82, 2.24) is 5.32 Å². The number of hydrogen-bond acceptors (Lipinski definition) is 1. The molecule has 20 heavy (non-hydrogen) atoms. The monoisotopic (exact) mass is 281 g/mol. The van der Waals surface area contributed by atoms with Gasteiger partial charge in [0.1, 0.15) is 11.6 Å². The van der Waals surface area contributed by atoms with Crippen molar-refractivity contribution in [3.05, 3.63) is 35.4 Å². The molecule has 1 N–H and O–H groups in total. The van der Waals surface area contributed by atoms with Gasteiger partial charge in [0.25, 0.3) is 0 Å². The smallest absolute Gasteiger partial charge is 0.129 e. The molecule has 0 amide bonds. The predicted molar refractivity (Wildman–Crippen MR) is 78.7 cm³/mol. The molecule has 0 bridgehead atoms. The van der Waals surface area contributed by atoms with Crippen LogP contribution >= 0.6 is 0 Å². The van der Waals surface area contributed by atoms with Gasteiger partial charge in [-0.2, -0.15) is 0 Å². The average Bonchev–Trinajstić information content (AvgIpc) is 2.87. The van der Waals surface area contributed by atoms with Crippen LogP contribution in [0.5, 0.6) is 0 Å². The highest BCUT2D eigenvalue weighted by Gasteiger charge is 2.32. The second-order valence-electron chi connectivity index (χ2n) is 6.05. The number of hydrogen-bond donors (Lipinski definition) is 1. The Morgan fingerprint density at radius 1 is 1.15 bits per heavy atom. The van der Waals surface area contributed by atoms with Crippen molar-refractivity contribution < 1.29 is 8.78 Å². The lowest BCUT2D eigenvalue weighted by molar-refractivity contribution is 0.245. The van der Waals surface area contributed by atoms with E-state index in [2.05, 4.69) is 12.2 Å². The van der Waals surface area contributed by atoms with Crippen LogP contribution in [0.4, 0.5) is 8.78 Å². The van der Waals surface area contributed by atoms with E-state index in [0.29, 0.717) is 11.0 Å². The van der Waals surface area contributed by atoms with Gasteiger partial charge in [-0.15, -0.1) is 0 Å². The lowest BCUT2D eigenvalue weighted by atomic mass is 9.77. The summed E-state index contributed by atoms with van der Waals surface area (Å²) in [5, 5.41) is 3.39. The van der Waals surface area contributed by atoms with Gasteiger partial charge in [0, 0.05) is 6.07 Å². The molecule has 112 valence electrons. The van der Waals surface area contributed by atoms with Gasteiger partial charge in [0.2, 0.25) is 0 Å². The Balaban J connectivity index is 1.94. The number of halogens is 2. The summed E-state index contributed by atoms with van der Waals surface area (Å²) in [6.45, 7) is 4.17. The molecule has 1 saturated carbocycles. The van der Waals surface area contributed by atoms with Gasteiger partial charge < -0.3 is 5.32 Å². The van der Waals surface area contributed by atoms with Gasteiger partial charge in [0.15, 0.2) is 0 Å². The summed E-state index contributed by atoms with van der Waals surface area (Å²) in [6.07, 6.45) is 7.99. The molecular formula is C17H25F2N. The molecule has 0 unspecified atom stereocenters. The molecule has 0 aliphatic heterocycles. The Morgan fingerprint density at radius 2 is 1.90 bits per heavy atom. The first-order valence-electron chi connectivity index (χ1n) is 7.80. The van der Waals surface area contributed by atoms with Gasteiger partial charge >= 0.3 is 0 Å². The van der Waals surface area contributed by atoms with Gasteiger partial charge in [-0.05, 0) is 62.2 Å². The minimum Gasteiger partial charge on any atom is -0.317 e. The van der Waals surface area contributed by atoms with Crippen molar-refractivity contribution in [1.29, 1.82) is 0 Å². The Kier molecular flexibility index (Phi) is 5.53. The van der Waals surface area contributed by atoms with Gasteiger partial charge in [-0.25, -0.2) is 8.78 Å². The average molecular weight is 281 g/mol. The molecule has 0 spiro atoms. The highest BCUT2D eigenvalue weighted by molar-refractivity contribution is 5.19. The molecule has 0 radical (unpaired) electrons. The van der Waals surface area contributed by atoms with Crippen LogP contribution < -0.4 is 5.32 Å². The molecule has 1 fully saturated rings. The molecule has 1 aliphatic carbocycles. The molecule has 1 aromatic carbocycles. The van der Waals surface area contributed by atoms with Crippen LogP contribution in [-0.2, 0) is 6.42 Å². The fourth-order valence-corrected chi connectivity index (χ4v) is 3.40. The molecule has 0 heterocycles. The first-order chi connectivity index (χ1) is 9.65. The van der Waals surface area contributed by atoms with Crippen LogP contribution in [0.3, 0.4) is 0 Å². The van der Waals surface area contributed by atoms with Crippen molar-refractivity contribution in [3.8, 4) is 0 Å². The standard InChI is InChI=1S/C17H25F2N/c1-2-20-12-11-17(8-3-4-9-17)10-7-14-5-6-15(18)13-16(14)19/h5-6,13,20H,2-4,7-12H2,1H3. The van der Waals surface area contributed by atoms with Crippen LogP contribution in [0, 0.1) is 17.0 Å². The molecule has 1 aromatic rings. The summed E-state index contributed by atoms with van der Waals surface area (Å²) in [5.74, 6) is -0.890. The second-order valence-corrected chi connectivity index (χ2v) is 6.05. The number of rotatable bonds is 7. The SMILES string of the molecule is CCNCCC1(CCc2ccc(F)cc2F)CCCC1. The summed E-state index contributed by atoms with van der Waals surface area (Å²) in [7, 11) is 0. The van der Waals surface area contributed by atoms with E-state index in [1.54, 1.807) is 6.07 Å². The number of benzene rings is 1. The minimum absolute atomic E-state index is 0.364. The Bertz CT molecular complexity index is 425. The maximum Gasteiger partial charge on any atom is 0.129 e. The van der Waals surface area contributed by atoms with Crippen molar-refractivity contribution in [3.63, 3.8) is 0 Å². The van der Waals surface area contributed by atoms with E-state index >= 15 is 0 Å². The normalized spacial score (nSPS) is 17.6. The molecular weight excluding hydrogens is 256 g/mol. The van der Waals surface area contributed by atoms with E-state index in [4.69, 9.17) is 0 Å². The molecule has 1 nitrogen and oxygen atoms in total. The zero-order chi connectivity index (χ0) is 14.4. The lowest BCUT2D eigenvalue weighted by Crippen LogP contribution is -2.25. The fraction of sp³-hybridized carbons (Fsp3) is 0.647. The highest BCUT2D eigenvalue weighted by Crippen LogP contribution is 2.44. The van der Waals surface area contributed by atoms with E-state index < -0.39 is 11.6 Å². The van der Waals surface area contributed by atoms with E-state index in [0.717, 1.165) is 32.0 Å². The minimum atomic E-state index is -0.492. The van der Waals surface area contributed by atoms with Crippen LogP contribution in [0.25, 0.3) is 0 Å². The maximum absolute atomic E-state index is 13.7. The molecule has 1 aliphatic rings. The van der Waals surface area contributed by atoms with Crippen LogP contribution in [0.15, 0.2) is 18.2 Å². The summed E-state index contributed by atoms with van der Waals surface area (Å²) >= 11 is 0. The molecule has 0 atom stereocenters. The van der Waals surface area contributed by atoms with Crippen molar-refractivity contribution in [2.45, 2.75) is 51.9 Å². The highest BCUT2D eigenvalue weighted by atomic mass is 19.1. The Hall–Kier alpha value is -0.960. The third-order valence-corrected chi connectivity index (χ3v) is 4.69. The van der Waals surface area contributed by atoms with Gasteiger partial charge in [0.05, 0.1) is 0 Å². The van der Waals surface area contributed by atoms with E-state index in [1.165, 1.54) is 38.2 Å².